The van der Waals surface area contributed by atoms with Crippen molar-refractivity contribution >= 4 is 35.8 Å². The van der Waals surface area contributed by atoms with E-state index in [2.05, 4.69) is 52.1 Å². The molecule has 1 amide bonds. The van der Waals surface area contributed by atoms with Gasteiger partial charge in [-0.1, -0.05) is 49.4 Å². The van der Waals surface area contributed by atoms with E-state index < -0.39 is 0 Å². The molecule has 2 aromatic carbocycles. The molecule has 7 heteroatoms. The minimum atomic E-state index is -0.0498. The molecule has 0 saturated heterocycles. The normalized spacial score (nSPS) is 14.2. The third-order valence-corrected chi connectivity index (χ3v) is 5.11. The standard InChI is InChI=1S/C24H32N4O2.HI/c1-18(20-6-4-3-5-7-20)16-27-24(25-2)26-15-14-19-8-12-22(13-9-19)30-17-23(29)28-21-10-11-21;/h3-9,12-13,18,21H,10-11,14-17H2,1-2H3,(H,28,29)(H2,25,26,27);1H. The maximum atomic E-state index is 11.7. The highest BCUT2D eigenvalue weighted by Crippen LogP contribution is 2.18. The lowest BCUT2D eigenvalue weighted by Crippen LogP contribution is -2.39. The first-order valence-electron chi connectivity index (χ1n) is 10.6. The molecule has 6 nitrogen and oxygen atoms in total. The molecule has 0 heterocycles. The number of ether oxygens (including phenoxy) is 1. The van der Waals surface area contributed by atoms with E-state index >= 15 is 0 Å². The number of guanidine groups is 1. The van der Waals surface area contributed by atoms with Crippen molar-refractivity contribution in [3.05, 3.63) is 65.7 Å². The Morgan fingerprint density at radius 1 is 1.10 bits per heavy atom. The van der Waals surface area contributed by atoms with Gasteiger partial charge in [0.05, 0.1) is 0 Å². The summed E-state index contributed by atoms with van der Waals surface area (Å²) in [5, 5.41) is 9.66. The van der Waals surface area contributed by atoms with E-state index in [9.17, 15) is 4.79 Å². The monoisotopic (exact) mass is 536 g/mol. The minimum Gasteiger partial charge on any atom is -0.484 e. The Kier molecular flexibility index (Phi) is 10.6. The number of aliphatic imine (C=N–C) groups is 1. The van der Waals surface area contributed by atoms with Crippen LogP contribution >= 0.6 is 24.0 Å². The number of rotatable bonds is 10. The second kappa shape index (κ2) is 13.2. The lowest BCUT2D eigenvalue weighted by atomic mass is 10.0. The Balaban J connectivity index is 0.00000341. The van der Waals surface area contributed by atoms with Crippen LogP contribution in [0.2, 0.25) is 0 Å². The van der Waals surface area contributed by atoms with Crippen LogP contribution < -0.4 is 20.7 Å². The number of nitrogens with one attached hydrogen (secondary N) is 3. The van der Waals surface area contributed by atoms with E-state index in [0.29, 0.717) is 17.7 Å². The van der Waals surface area contributed by atoms with Crippen molar-refractivity contribution in [2.75, 3.05) is 26.7 Å². The molecule has 0 aliphatic heterocycles. The SMILES string of the molecule is CN=C(NCCc1ccc(OCC(=O)NC2CC2)cc1)NCC(C)c1ccccc1.I. The molecule has 1 aliphatic carbocycles. The van der Waals surface area contributed by atoms with Crippen molar-refractivity contribution in [3.8, 4) is 5.75 Å². The summed E-state index contributed by atoms with van der Waals surface area (Å²) >= 11 is 0. The van der Waals surface area contributed by atoms with E-state index in [1.165, 1.54) is 11.1 Å². The topological polar surface area (TPSA) is 74.8 Å². The van der Waals surface area contributed by atoms with Gasteiger partial charge < -0.3 is 20.7 Å². The number of carbonyl (C=O) groups excluding carboxylic acids is 1. The van der Waals surface area contributed by atoms with Crippen LogP contribution in [-0.2, 0) is 11.2 Å². The molecule has 0 bridgehead atoms. The lowest BCUT2D eigenvalue weighted by molar-refractivity contribution is -0.123. The molecule has 1 unspecified atom stereocenters. The van der Waals surface area contributed by atoms with Crippen LogP contribution in [0.4, 0.5) is 0 Å². The van der Waals surface area contributed by atoms with E-state index in [1.54, 1.807) is 7.05 Å². The molecule has 31 heavy (non-hydrogen) atoms. The first kappa shape index (κ1) is 25.0. The maximum Gasteiger partial charge on any atom is 0.258 e. The Labute approximate surface area is 202 Å². The van der Waals surface area contributed by atoms with Gasteiger partial charge in [-0.05, 0) is 48.4 Å². The van der Waals surface area contributed by atoms with Gasteiger partial charge in [0.1, 0.15) is 5.75 Å². The van der Waals surface area contributed by atoms with Crippen molar-refractivity contribution in [2.45, 2.75) is 38.1 Å². The van der Waals surface area contributed by atoms with Gasteiger partial charge in [-0.15, -0.1) is 24.0 Å². The Morgan fingerprint density at radius 3 is 2.45 bits per heavy atom. The number of amides is 1. The third-order valence-electron chi connectivity index (χ3n) is 5.11. The second-order valence-corrected chi connectivity index (χ2v) is 7.72. The quantitative estimate of drug-likeness (QED) is 0.247. The summed E-state index contributed by atoms with van der Waals surface area (Å²) in [6.45, 7) is 3.88. The Hall–Kier alpha value is -2.29. The average molecular weight is 536 g/mol. The molecular formula is C24H33IN4O2. The summed E-state index contributed by atoms with van der Waals surface area (Å²) in [5.41, 5.74) is 2.51. The number of benzene rings is 2. The zero-order valence-corrected chi connectivity index (χ0v) is 20.6. The molecule has 3 rings (SSSR count). The zero-order chi connectivity index (χ0) is 21.2. The molecule has 0 spiro atoms. The number of halogens is 1. The van der Waals surface area contributed by atoms with Gasteiger partial charge in [0.15, 0.2) is 12.6 Å². The summed E-state index contributed by atoms with van der Waals surface area (Å²) in [6.07, 6.45) is 3.04. The van der Waals surface area contributed by atoms with Crippen molar-refractivity contribution in [3.63, 3.8) is 0 Å². The van der Waals surface area contributed by atoms with Gasteiger partial charge in [0.25, 0.3) is 5.91 Å². The van der Waals surface area contributed by atoms with Crippen molar-refractivity contribution in [1.82, 2.24) is 16.0 Å². The summed E-state index contributed by atoms with van der Waals surface area (Å²) < 4.78 is 5.55. The van der Waals surface area contributed by atoms with Crippen LogP contribution in [-0.4, -0.2) is 44.7 Å². The highest BCUT2D eigenvalue weighted by Gasteiger charge is 2.23. The molecule has 1 saturated carbocycles. The summed E-state index contributed by atoms with van der Waals surface area (Å²) in [4.78, 5) is 16.0. The van der Waals surface area contributed by atoms with Gasteiger partial charge in [0.2, 0.25) is 0 Å². The Morgan fingerprint density at radius 2 is 1.81 bits per heavy atom. The lowest BCUT2D eigenvalue weighted by Gasteiger charge is -2.16. The van der Waals surface area contributed by atoms with Crippen molar-refractivity contribution in [2.24, 2.45) is 4.99 Å². The number of nitrogens with zero attached hydrogens (tertiary/aromatic N) is 1. The van der Waals surface area contributed by atoms with Gasteiger partial charge >= 0.3 is 0 Å². The number of hydrogen-bond donors (Lipinski definition) is 3. The van der Waals surface area contributed by atoms with Crippen LogP contribution in [0.1, 0.15) is 36.8 Å². The summed E-state index contributed by atoms with van der Waals surface area (Å²) in [7, 11) is 1.79. The van der Waals surface area contributed by atoms with Gasteiger partial charge in [-0.25, -0.2) is 0 Å². The highest BCUT2D eigenvalue weighted by molar-refractivity contribution is 14.0. The number of hydrogen-bond acceptors (Lipinski definition) is 3. The van der Waals surface area contributed by atoms with Gasteiger partial charge in [0, 0.05) is 26.2 Å². The van der Waals surface area contributed by atoms with E-state index in [1.807, 2.05) is 30.3 Å². The fourth-order valence-corrected chi connectivity index (χ4v) is 3.09. The first-order valence-corrected chi connectivity index (χ1v) is 10.6. The largest absolute Gasteiger partial charge is 0.484 e. The predicted molar refractivity (Wildman–Crippen MR) is 136 cm³/mol. The third kappa shape index (κ3) is 9.16. The average Bonchev–Trinajstić information content (AvgIpc) is 3.60. The van der Waals surface area contributed by atoms with Crippen LogP contribution in [0, 0.1) is 0 Å². The molecule has 1 fully saturated rings. The van der Waals surface area contributed by atoms with Crippen LogP contribution in [0.5, 0.6) is 5.75 Å². The van der Waals surface area contributed by atoms with E-state index in [-0.39, 0.29) is 36.5 Å². The van der Waals surface area contributed by atoms with Crippen molar-refractivity contribution in [1.29, 1.82) is 0 Å². The van der Waals surface area contributed by atoms with Crippen LogP contribution in [0.15, 0.2) is 59.6 Å². The Bertz CT molecular complexity index is 823. The van der Waals surface area contributed by atoms with E-state index in [0.717, 1.165) is 38.3 Å². The minimum absolute atomic E-state index is 0. The molecule has 1 atom stereocenters. The van der Waals surface area contributed by atoms with Crippen LogP contribution in [0.3, 0.4) is 0 Å². The fourth-order valence-electron chi connectivity index (χ4n) is 3.09. The zero-order valence-electron chi connectivity index (χ0n) is 18.3. The molecule has 0 aromatic heterocycles. The summed E-state index contributed by atoms with van der Waals surface area (Å²) in [6, 6.07) is 18.7. The van der Waals surface area contributed by atoms with Gasteiger partial charge in [-0.2, -0.15) is 0 Å². The highest BCUT2D eigenvalue weighted by atomic mass is 127. The molecule has 0 radical (unpaired) electrons. The maximum absolute atomic E-state index is 11.7. The molecule has 1 aliphatic rings. The molecule has 3 N–H and O–H groups in total. The smallest absolute Gasteiger partial charge is 0.258 e. The summed E-state index contributed by atoms with van der Waals surface area (Å²) in [5.74, 6) is 1.87. The van der Waals surface area contributed by atoms with Gasteiger partial charge in [-0.3, -0.25) is 9.79 Å². The first-order chi connectivity index (χ1) is 14.6. The van der Waals surface area contributed by atoms with Crippen molar-refractivity contribution < 1.29 is 9.53 Å². The van der Waals surface area contributed by atoms with Crippen LogP contribution in [0.25, 0.3) is 0 Å². The molecule has 2 aromatic rings. The van der Waals surface area contributed by atoms with E-state index in [4.69, 9.17) is 4.74 Å². The molecular weight excluding hydrogens is 503 g/mol. The molecule has 168 valence electrons. The fraction of sp³-hybridized carbons (Fsp3) is 0.417. The number of carbonyl (C=O) groups is 1. The second-order valence-electron chi connectivity index (χ2n) is 7.72. The predicted octanol–water partition coefficient (Wildman–Crippen LogP) is 3.47.